The van der Waals surface area contributed by atoms with Gasteiger partial charge in [-0.05, 0) is 36.5 Å². The fourth-order valence-corrected chi connectivity index (χ4v) is 1.89. The number of amides is 1. The molecule has 0 radical (unpaired) electrons. The van der Waals surface area contributed by atoms with Gasteiger partial charge in [0.15, 0.2) is 0 Å². The molecule has 0 saturated carbocycles. The number of aliphatic hydroxyl groups is 1. The quantitative estimate of drug-likeness (QED) is 0.790. The molecule has 0 aliphatic carbocycles. The number of nitrogens with one attached hydrogen (secondary N) is 1. The molecule has 2 N–H and O–H groups in total. The van der Waals surface area contributed by atoms with E-state index >= 15 is 0 Å². The van der Waals surface area contributed by atoms with E-state index in [0.29, 0.717) is 22.2 Å². The first-order chi connectivity index (χ1) is 8.85. The summed E-state index contributed by atoms with van der Waals surface area (Å²) >= 11 is 11.6. The van der Waals surface area contributed by atoms with Crippen LogP contribution in [0.1, 0.15) is 37.0 Å². The molecule has 3 nitrogen and oxygen atoms in total. The van der Waals surface area contributed by atoms with E-state index < -0.39 is 0 Å². The standard InChI is InChI=1S/C14H19Cl2NO2/c1-14(2,9-18)6-3-7-17-13(19)10-4-5-11(15)12(16)8-10/h4-5,8,18H,3,6-7,9H2,1-2H3,(H,17,19). The Hall–Kier alpha value is -0.770. The summed E-state index contributed by atoms with van der Waals surface area (Å²) in [7, 11) is 0. The highest BCUT2D eigenvalue weighted by molar-refractivity contribution is 6.42. The lowest BCUT2D eigenvalue weighted by Gasteiger charge is -2.21. The van der Waals surface area contributed by atoms with Crippen molar-refractivity contribution < 1.29 is 9.90 Å². The summed E-state index contributed by atoms with van der Waals surface area (Å²) in [5, 5.41) is 12.7. The summed E-state index contributed by atoms with van der Waals surface area (Å²) in [6.45, 7) is 4.71. The largest absolute Gasteiger partial charge is 0.396 e. The number of hydrogen-bond acceptors (Lipinski definition) is 2. The zero-order valence-corrected chi connectivity index (χ0v) is 12.7. The fraction of sp³-hybridized carbons (Fsp3) is 0.500. The van der Waals surface area contributed by atoms with E-state index in [1.807, 2.05) is 13.8 Å². The molecule has 1 amide bonds. The highest BCUT2D eigenvalue weighted by atomic mass is 35.5. The van der Waals surface area contributed by atoms with Crippen LogP contribution in [0.3, 0.4) is 0 Å². The number of carbonyl (C=O) groups excluding carboxylic acids is 1. The molecule has 0 atom stereocenters. The van der Waals surface area contributed by atoms with Gasteiger partial charge in [0.25, 0.3) is 5.91 Å². The third-order valence-electron chi connectivity index (χ3n) is 2.93. The van der Waals surface area contributed by atoms with Crippen molar-refractivity contribution in [3.63, 3.8) is 0 Å². The molecule has 0 saturated heterocycles. The van der Waals surface area contributed by atoms with Crippen LogP contribution in [0.5, 0.6) is 0 Å². The average Bonchev–Trinajstić information content (AvgIpc) is 2.37. The minimum absolute atomic E-state index is 0.103. The summed E-state index contributed by atoms with van der Waals surface area (Å²) in [5.41, 5.74) is 0.393. The molecular weight excluding hydrogens is 285 g/mol. The van der Waals surface area contributed by atoms with E-state index in [9.17, 15) is 4.79 Å². The number of benzene rings is 1. The third-order valence-corrected chi connectivity index (χ3v) is 3.66. The van der Waals surface area contributed by atoms with Crippen LogP contribution in [0, 0.1) is 5.41 Å². The Kier molecular flexibility index (Phi) is 6.11. The normalized spacial score (nSPS) is 11.4. The topological polar surface area (TPSA) is 49.3 Å². The lowest BCUT2D eigenvalue weighted by molar-refractivity contribution is 0.0948. The Morgan fingerprint density at radius 2 is 2.00 bits per heavy atom. The molecular formula is C14H19Cl2NO2. The smallest absolute Gasteiger partial charge is 0.251 e. The van der Waals surface area contributed by atoms with Crippen LogP contribution >= 0.6 is 23.2 Å². The van der Waals surface area contributed by atoms with Crippen molar-refractivity contribution in [1.82, 2.24) is 5.32 Å². The van der Waals surface area contributed by atoms with Gasteiger partial charge < -0.3 is 10.4 Å². The number of halogens is 2. The van der Waals surface area contributed by atoms with Crippen LogP contribution in [0.15, 0.2) is 18.2 Å². The lowest BCUT2D eigenvalue weighted by Crippen LogP contribution is -2.26. The molecule has 5 heteroatoms. The Labute approximate surface area is 123 Å². The summed E-state index contributed by atoms with van der Waals surface area (Å²) in [6.07, 6.45) is 1.67. The SMILES string of the molecule is CC(C)(CO)CCCNC(=O)c1ccc(Cl)c(Cl)c1. The second-order valence-corrected chi connectivity index (χ2v) is 6.13. The van der Waals surface area contributed by atoms with Crippen LogP contribution < -0.4 is 5.32 Å². The zero-order valence-electron chi connectivity index (χ0n) is 11.2. The first-order valence-electron chi connectivity index (χ1n) is 6.20. The first-order valence-corrected chi connectivity index (χ1v) is 6.95. The molecule has 0 spiro atoms. The van der Waals surface area contributed by atoms with Gasteiger partial charge in [0.2, 0.25) is 0 Å². The minimum atomic E-state index is -0.166. The lowest BCUT2D eigenvalue weighted by atomic mass is 9.89. The van der Waals surface area contributed by atoms with Crippen molar-refractivity contribution >= 4 is 29.1 Å². The number of carbonyl (C=O) groups is 1. The van der Waals surface area contributed by atoms with Gasteiger partial charge >= 0.3 is 0 Å². The van der Waals surface area contributed by atoms with Gasteiger partial charge in [-0.3, -0.25) is 4.79 Å². The van der Waals surface area contributed by atoms with Crippen LogP contribution in [-0.2, 0) is 0 Å². The zero-order chi connectivity index (χ0) is 14.5. The predicted molar refractivity (Wildman–Crippen MR) is 78.9 cm³/mol. The van der Waals surface area contributed by atoms with Crippen molar-refractivity contribution in [2.24, 2.45) is 5.41 Å². The van der Waals surface area contributed by atoms with Gasteiger partial charge in [0.05, 0.1) is 10.0 Å². The van der Waals surface area contributed by atoms with E-state index in [2.05, 4.69) is 5.32 Å². The van der Waals surface area contributed by atoms with Gasteiger partial charge in [-0.2, -0.15) is 0 Å². The van der Waals surface area contributed by atoms with Crippen molar-refractivity contribution in [3.8, 4) is 0 Å². The maximum atomic E-state index is 11.8. The van der Waals surface area contributed by atoms with Gasteiger partial charge in [-0.15, -0.1) is 0 Å². The monoisotopic (exact) mass is 303 g/mol. The van der Waals surface area contributed by atoms with E-state index in [0.717, 1.165) is 12.8 Å². The van der Waals surface area contributed by atoms with Gasteiger partial charge in [-0.1, -0.05) is 37.0 Å². The Morgan fingerprint density at radius 3 is 2.58 bits per heavy atom. The molecule has 0 heterocycles. The summed E-state index contributed by atoms with van der Waals surface area (Å²) < 4.78 is 0. The Balaban J connectivity index is 2.41. The molecule has 0 aromatic heterocycles. The van der Waals surface area contributed by atoms with Gasteiger partial charge in [0, 0.05) is 18.7 Å². The molecule has 1 aromatic rings. The maximum Gasteiger partial charge on any atom is 0.251 e. The van der Waals surface area contributed by atoms with Crippen LogP contribution in [0.4, 0.5) is 0 Å². The highest BCUT2D eigenvalue weighted by Crippen LogP contribution is 2.23. The van der Waals surface area contributed by atoms with Crippen LogP contribution in [-0.4, -0.2) is 24.2 Å². The average molecular weight is 304 g/mol. The number of rotatable bonds is 6. The minimum Gasteiger partial charge on any atom is -0.396 e. The predicted octanol–water partition coefficient (Wildman–Crippen LogP) is 3.52. The molecule has 19 heavy (non-hydrogen) atoms. The molecule has 1 aromatic carbocycles. The summed E-state index contributed by atoms with van der Waals surface area (Å²) in [4.78, 5) is 11.8. The fourth-order valence-electron chi connectivity index (χ4n) is 1.59. The van der Waals surface area contributed by atoms with Crippen LogP contribution in [0.25, 0.3) is 0 Å². The second kappa shape index (κ2) is 7.13. The molecule has 0 aliphatic heterocycles. The first kappa shape index (κ1) is 16.3. The number of aliphatic hydroxyl groups excluding tert-OH is 1. The van der Waals surface area contributed by atoms with Crippen molar-refractivity contribution in [2.75, 3.05) is 13.2 Å². The highest BCUT2D eigenvalue weighted by Gasteiger charge is 2.15. The molecule has 106 valence electrons. The molecule has 1 rings (SSSR count). The van der Waals surface area contributed by atoms with Crippen molar-refractivity contribution in [3.05, 3.63) is 33.8 Å². The van der Waals surface area contributed by atoms with E-state index in [1.165, 1.54) is 0 Å². The molecule has 0 aliphatic rings. The van der Waals surface area contributed by atoms with Gasteiger partial charge in [-0.25, -0.2) is 0 Å². The van der Waals surface area contributed by atoms with Crippen LogP contribution in [0.2, 0.25) is 10.0 Å². The second-order valence-electron chi connectivity index (χ2n) is 5.31. The third kappa shape index (κ3) is 5.39. The Morgan fingerprint density at radius 1 is 1.32 bits per heavy atom. The maximum absolute atomic E-state index is 11.8. The molecule has 0 unspecified atom stereocenters. The van der Waals surface area contributed by atoms with E-state index in [-0.39, 0.29) is 17.9 Å². The summed E-state index contributed by atoms with van der Waals surface area (Å²) in [6, 6.07) is 4.80. The van der Waals surface area contributed by atoms with Crippen molar-refractivity contribution in [2.45, 2.75) is 26.7 Å². The van der Waals surface area contributed by atoms with Gasteiger partial charge in [0.1, 0.15) is 0 Å². The summed E-state index contributed by atoms with van der Waals surface area (Å²) in [5.74, 6) is -0.166. The molecule has 0 fully saturated rings. The van der Waals surface area contributed by atoms with E-state index in [4.69, 9.17) is 28.3 Å². The molecule has 0 bridgehead atoms. The number of hydrogen-bond donors (Lipinski definition) is 2. The Bertz CT molecular complexity index is 447. The van der Waals surface area contributed by atoms with Crippen molar-refractivity contribution in [1.29, 1.82) is 0 Å². The van der Waals surface area contributed by atoms with E-state index in [1.54, 1.807) is 18.2 Å².